The van der Waals surface area contributed by atoms with Gasteiger partial charge in [0, 0.05) is 19.5 Å². The second kappa shape index (κ2) is 5.16. The minimum Gasteiger partial charge on any atom is -0.369 e. The first-order chi connectivity index (χ1) is 8.56. The van der Waals surface area contributed by atoms with Crippen LogP contribution in [-0.4, -0.2) is 29.8 Å². The Kier molecular flexibility index (Phi) is 3.60. The highest BCUT2D eigenvalue weighted by atomic mass is 19.1. The van der Waals surface area contributed by atoms with Crippen LogP contribution in [0.25, 0.3) is 0 Å². The van der Waals surface area contributed by atoms with Gasteiger partial charge in [0.25, 0.3) is 0 Å². The lowest BCUT2D eigenvalue weighted by Gasteiger charge is -2.15. The van der Waals surface area contributed by atoms with E-state index in [0.717, 1.165) is 5.56 Å². The molecule has 2 N–H and O–H groups in total. The predicted molar refractivity (Wildman–Crippen MR) is 64.0 cm³/mol. The molecule has 1 aromatic carbocycles. The fraction of sp³-hybridized carbons (Fsp3) is 0.385. The van der Waals surface area contributed by atoms with Crippen LogP contribution in [0.5, 0.6) is 0 Å². The standard InChI is InChI=1S/C13H15FN2O2/c14-11-3-1-9(2-4-11)5-6-16-8-10(13(15)18)7-12(16)17/h1-4,10H,5-8H2,(H2,15,18)/t10-/m0/s1. The van der Waals surface area contributed by atoms with Crippen LogP contribution in [0.4, 0.5) is 4.39 Å². The predicted octanol–water partition coefficient (Wildman–Crippen LogP) is 0.702. The minimum absolute atomic E-state index is 0.0408. The summed E-state index contributed by atoms with van der Waals surface area (Å²) in [4.78, 5) is 24.3. The summed E-state index contributed by atoms with van der Waals surface area (Å²) in [5.41, 5.74) is 6.15. The van der Waals surface area contributed by atoms with E-state index in [0.29, 0.717) is 19.5 Å². The van der Waals surface area contributed by atoms with Crippen LogP contribution in [0.2, 0.25) is 0 Å². The monoisotopic (exact) mass is 250 g/mol. The summed E-state index contributed by atoms with van der Waals surface area (Å²) in [5.74, 6) is -1.11. The van der Waals surface area contributed by atoms with Crippen LogP contribution >= 0.6 is 0 Å². The Hall–Kier alpha value is -1.91. The normalized spacial score (nSPS) is 19.3. The van der Waals surface area contributed by atoms with E-state index >= 15 is 0 Å². The van der Waals surface area contributed by atoms with Gasteiger partial charge < -0.3 is 10.6 Å². The molecule has 1 fully saturated rings. The molecule has 0 aromatic heterocycles. The van der Waals surface area contributed by atoms with Gasteiger partial charge in [-0.25, -0.2) is 4.39 Å². The molecule has 1 atom stereocenters. The van der Waals surface area contributed by atoms with E-state index in [4.69, 9.17) is 5.73 Å². The van der Waals surface area contributed by atoms with Gasteiger partial charge in [0.05, 0.1) is 5.92 Å². The molecule has 18 heavy (non-hydrogen) atoms. The van der Waals surface area contributed by atoms with E-state index in [1.54, 1.807) is 17.0 Å². The third kappa shape index (κ3) is 2.85. The van der Waals surface area contributed by atoms with Crippen molar-refractivity contribution in [3.63, 3.8) is 0 Å². The average molecular weight is 250 g/mol. The number of halogens is 1. The van der Waals surface area contributed by atoms with Crippen LogP contribution in [-0.2, 0) is 16.0 Å². The number of primary amides is 1. The Morgan fingerprint density at radius 2 is 2.06 bits per heavy atom. The maximum atomic E-state index is 12.7. The van der Waals surface area contributed by atoms with Crippen molar-refractivity contribution in [1.82, 2.24) is 4.90 Å². The first-order valence-corrected chi connectivity index (χ1v) is 5.88. The van der Waals surface area contributed by atoms with E-state index < -0.39 is 5.91 Å². The molecule has 1 aliphatic heterocycles. The van der Waals surface area contributed by atoms with Crippen molar-refractivity contribution >= 4 is 11.8 Å². The molecule has 1 heterocycles. The molecule has 5 heteroatoms. The van der Waals surface area contributed by atoms with Crippen LogP contribution in [0.3, 0.4) is 0 Å². The molecule has 2 amide bonds. The zero-order valence-corrected chi connectivity index (χ0v) is 9.93. The highest BCUT2D eigenvalue weighted by Gasteiger charge is 2.32. The molecule has 96 valence electrons. The molecule has 4 nitrogen and oxygen atoms in total. The molecule has 0 bridgehead atoms. The van der Waals surface area contributed by atoms with Crippen molar-refractivity contribution in [2.75, 3.05) is 13.1 Å². The van der Waals surface area contributed by atoms with Gasteiger partial charge in [-0.3, -0.25) is 9.59 Å². The third-order valence-corrected chi connectivity index (χ3v) is 3.20. The molecule has 1 aliphatic rings. The number of nitrogens with zero attached hydrogens (tertiary/aromatic N) is 1. The van der Waals surface area contributed by atoms with E-state index in [-0.39, 0.29) is 24.1 Å². The Labute approximate surface area is 105 Å². The lowest BCUT2D eigenvalue weighted by Crippen LogP contribution is -2.30. The van der Waals surface area contributed by atoms with Crippen LogP contribution in [0.15, 0.2) is 24.3 Å². The Balaban J connectivity index is 1.89. The molecule has 0 unspecified atom stereocenters. The summed E-state index contributed by atoms with van der Waals surface area (Å²) in [6.45, 7) is 0.934. The van der Waals surface area contributed by atoms with Gasteiger partial charge >= 0.3 is 0 Å². The largest absolute Gasteiger partial charge is 0.369 e. The number of hydrogen-bond acceptors (Lipinski definition) is 2. The van der Waals surface area contributed by atoms with Crippen molar-refractivity contribution in [3.05, 3.63) is 35.6 Å². The number of carbonyl (C=O) groups is 2. The molecule has 1 aromatic rings. The molecule has 0 saturated carbocycles. The quantitative estimate of drug-likeness (QED) is 0.855. The third-order valence-electron chi connectivity index (χ3n) is 3.20. The van der Waals surface area contributed by atoms with E-state index in [2.05, 4.69) is 0 Å². The first-order valence-electron chi connectivity index (χ1n) is 5.88. The summed E-state index contributed by atoms with van der Waals surface area (Å²) >= 11 is 0. The maximum Gasteiger partial charge on any atom is 0.223 e. The minimum atomic E-state index is -0.423. The number of carbonyl (C=O) groups excluding carboxylic acids is 2. The van der Waals surface area contributed by atoms with Crippen LogP contribution < -0.4 is 5.73 Å². The second-order valence-electron chi connectivity index (χ2n) is 4.52. The summed E-state index contributed by atoms with van der Waals surface area (Å²) in [7, 11) is 0. The Morgan fingerprint density at radius 1 is 1.39 bits per heavy atom. The van der Waals surface area contributed by atoms with Crippen LogP contribution in [0, 0.1) is 11.7 Å². The molecule has 0 radical (unpaired) electrons. The van der Waals surface area contributed by atoms with Crippen molar-refractivity contribution in [2.24, 2.45) is 11.7 Å². The molecule has 0 spiro atoms. The van der Waals surface area contributed by atoms with Crippen molar-refractivity contribution < 1.29 is 14.0 Å². The summed E-state index contributed by atoms with van der Waals surface area (Å²) in [5, 5.41) is 0. The van der Waals surface area contributed by atoms with Gasteiger partial charge in [0.2, 0.25) is 11.8 Å². The van der Waals surface area contributed by atoms with Gasteiger partial charge in [-0.1, -0.05) is 12.1 Å². The molecule has 1 saturated heterocycles. The average Bonchev–Trinajstić information content (AvgIpc) is 2.70. The fourth-order valence-corrected chi connectivity index (χ4v) is 2.09. The number of hydrogen-bond donors (Lipinski definition) is 1. The van der Waals surface area contributed by atoms with Crippen molar-refractivity contribution in [2.45, 2.75) is 12.8 Å². The number of rotatable bonds is 4. The summed E-state index contributed by atoms with van der Waals surface area (Å²) in [6, 6.07) is 6.18. The maximum absolute atomic E-state index is 12.7. The summed E-state index contributed by atoms with van der Waals surface area (Å²) < 4.78 is 12.7. The smallest absolute Gasteiger partial charge is 0.223 e. The lowest BCUT2D eigenvalue weighted by atomic mass is 10.1. The topological polar surface area (TPSA) is 63.4 Å². The molecular formula is C13H15FN2O2. The molecule has 0 aliphatic carbocycles. The zero-order valence-electron chi connectivity index (χ0n) is 9.93. The lowest BCUT2D eigenvalue weighted by molar-refractivity contribution is -0.128. The van der Waals surface area contributed by atoms with E-state index in [1.807, 2.05) is 0 Å². The zero-order chi connectivity index (χ0) is 13.1. The Morgan fingerprint density at radius 3 is 2.61 bits per heavy atom. The number of nitrogens with two attached hydrogens (primary N) is 1. The van der Waals surface area contributed by atoms with Gasteiger partial charge in [-0.2, -0.15) is 0 Å². The first kappa shape index (κ1) is 12.5. The van der Waals surface area contributed by atoms with Gasteiger partial charge in [-0.15, -0.1) is 0 Å². The van der Waals surface area contributed by atoms with E-state index in [9.17, 15) is 14.0 Å². The SMILES string of the molecule is NC(=O)[C@H]1CC(=O)N(CCc2ccc(F)cc2)C1. The highest BCUT2D eigenvalue weighted by molar-refractivity contribution is 5.88. The molecule has 2 rings (SSSR count). The van der Waals surface area contributed by atoms with E-state index in [1.165, 1.54) is 12.1 Å². The molecular weight excluding hydrogens is 235 g/mol. The summed E-state index contributed by atoms with van der Waals surface area (Å²) in [6.07, 6.45) is 0.857. The fourth-order valence-electron chi connectivity index (χ4n) is 2.09. The van der Waals surface area contributed by atoms with Gasteiger partial charge in [-0.05, 0) is 24.1 Å². The van der Waals surface area contributed by atoms with Gasteiger partial charge in [0.15, 0.2) is 0 Å². The number of amides is 2. The van der Waals surface area contributed by atoms with Crippen molar-refractivity contribution in [1.29, 1.82) is 0 Å². The highest BCUT2D eigenvalue weighted by Crippen LogP contribution is 2.17. The van der Waals surface area contributed by atoms with Crippen LogP contribution in [0.1, 0.15) is 12.0 Å². The second-order valence-corrected chi connectivity index (χ2v) is 4.52. The van der Waals surface area contributed by atoms with Gasteiger partial charge in [0.1, 0.15) is 5.82 Å². The number of benzene rings is 1. The Bertz CT molecular complexity index is 459. The van der Waals surface area contributed by atoms with Crippen molar-refractivity contribution in [3.8, 4) is 0 Å². The number of likely N-dealkylation sites (tertiary alicyclic amines) is 1.